The van der Waals surface area contributed by atoms with Crippen LogP contribution in [0.4, 0.5) is 0 Å². The van der Waals surface area contributed by atoms with Crippen molar-refractivity contribution in [2.45, 2.75) is 19.3 Å². The predicted molar refractivity (Wildman–Crippen MR) is 230 cm³/mol. The van der Waals surface area contributed by atoms with E-state index in [2.05, 4.69) is 187 Å². The lowest BCUT2D eigenvalue weighted by atomic mass is 9.34. The zero-order valence-electron chi connectivity index (χ0n) is 30.9. The summed E-state index contributed by atoms with van der Waals surface area (Å²) in [6, 6.07) is 59.3. The average Bonchev–Trinajstić information content (AvgIpc) is 3.83. The number of hydrogen-bond donors (Lipinski definition) is 0. The minimum absolute atomic E-state index is 0.111. The summed E-state index contributed by atoms with van der Waals surface area (Å²) >= 11 is 0. The lowest BCUT2D eigenvalue weighted by molar-refractivity contribution is 0.466. The fourth-order valence-corrected chi connectivity index (χ4v) is 10.4. The molecule has 0 spiro atoms. The molecule has 0 atom stereocenters. The first-order valence-corrected chi connectivity index (χ1v) is 19.5. The van der Waals surface area contributed by atoms with Crippen LogP contribution in [0.3, 0.4) is 0 Å². The van der Waals surface area contributed by atoms with Gasteiger partial charge in [0.15, 0.2) is 0 Å². The zero-order chi connectivity index (χ0) is 36.9. The first-order chi connectivity index (χ1) is 27.6. The molecule has 3 aliphatic rings. The SMILES string of the molecule is CC1(C)c2ccccc2-c2c1cc1c3c2Oc2cc4c(cc2B3c2ccc3c(c2O1)c1ccccc1n3-c1ccccc1)c1ccccc1n4-c1ccccc1. The Morgan fingerprint density at radius 1 is 0.464 bits per heavy atom. The number of ether oxygens (including phenoxy) is 2. The lowest BCUT2D eigenvalue weighted by Gasteiger charge is -2.35. The van der Waals surface area contributed by atoms with E-state index in [1.54, 1.807) is 0 Å². The summed E-state index contributed by atoms with van der Waals surface area (Å²) in [7, 11) is 0. The molecule has 4 nitrogen and oxygen atoms in total. The first kappa shape index (κ1) is 30.4. The van der Waals surface area contributed by atoms with Gasteiger partial charge in [-0.2, -0.15) is 0 Å². The Labute approximate surface area is 323 Å². The van der Waals surface area contributed by atoms with Crippen LogP contribution >= 0.6 is 0 Å². The van der Waals surface area contributed by atoms with Gasteiger partial charge in [0, 0.05) is 50.0 Å². The second-order valence-electron chi connectivity index (χ2n) is 16.0. The monoisotopic (exact) mass is 716 g/mol. The van der Waals surface area contributed by atoms with Gasteiger partial charge in [-0.15, -0.1) is 0 Å². The van der Waals surface area contributed by atoms with Crippen molar-refractivity contribution in [3.05, 3.63) is 175 Å². The minimum Gasteiger partial charge on any atom is -0.458 e. The van der Waals surface area contributed by atoms with Crippen molar-refractivity contribution < 1.29 is 9.47 Å². The Morgan fingerprint density at radius 3 is 1.86 bits per heavy atom. The van der Waals surface area contributed by atoms with Gasteiger partial charge in [0.25, 0.3) is 6.71 Å². The third-order valence-corrected chi connectivity index (χ3v) is 12.8. The smallest absolute Gasteiger partial charge is 0.260 e. The van der Waals surface area contributed by atoms with Gasteiger partial charge in [0.05, 0.1) is 27.5 Å². The molecule has 8 aromatic carbocycles. The molecule has 13 rings (SSSR count). The van der Waals surface area contributed by atoms with Crippen LogP contribution in [0, 0.1) is 0 Å². The Balaban J connectivity index is 1.16. The van der Waals surface area contributed by atoms with E-state index in [-0.39, 0.29) is 12.1 Å². The van der Waals surface area contributed by atoms with E-state index < -0.39 is 0 Å². The summed E-state index contributed by atoms with van der Waals surface area (Å²) in [5, 5.41) is 4.74. The maximum atomic E-state index is 7.35. The second-order valence-corrected chi connectivity index (χ2v) is 16.0. The topological polar surface area (TPSA) is 28.3 Å². The van der Waals surface area contributed by atoms with Gasteiger partial charge < -0.3 is 18.6 Å². The molecule has 10 aromatic rings. The molecular weight excluding hydrogens is 683 g/mol. The summed E-state index contributed by atoms with van der Waals surface area (Å²) in [5.41, 5.74) is 15.0. The van der Waals surface area contributed by atoms with Gasteiger partial charge >= 0.3 is 0 Å². The van der Waals surface area contributed by atoms with Crippen molar-refractivity contribution in [2.75, 3.05) is 0 Å². The number of nitrogens with zero attached hydrogens (tertiary/aromatic N) is 2. The normalized spacial score (nSPS) is 14.3. The summed E-state index contributed by atoms with van der Waals surface area (Å²) in [5.74, 6) is 3.59. The highest BCUT2D eigenvalue weighted by Gasteiger charge is 2.47. The highest BCUT2D eigenvalue weighted by Crippen LogP contribution is 2.56. The predicted octanol–water partition coefficient (Wildman–Crippen LogP) is 10.9. The van der Waals surface area contributed by atoms with Crippen LogP contribution in [-0.4, -0.2) is 15.8 Å². The third kappa shape index (κ3) is 3.75. The van der Waals surface area contributed by atoms with Gasteiger partial charge in [-0.1, -0.05) is 123 Å². The summed E-state index contributed by atoms with van der Waals surface area (Å²) < 4.78 is 19.4. The first-order valence-electron chi connectivity index (χ1n) is 19.5. The number of aromatic nitrogens is 2. The molecule has 2 aromatic heterocycles. The Hall–Kier alpha value is -6.98. The largest absolute Gasteiger partial charge is 0.458 e. The van der Waals surface area contributed by atoms with Crippen LogP contribution < -0.4 is 25.9 Å². The maximum Gasteiger partial charge on any atom is 0.260 e. The Bertz CT molecular complexity index is 3340. The summed E-state index contributed by atoms with van der Waals surface area (Å²) in [6.45, 7) is 4.55. The number of benzene rings is 8. The van der Waals surface area contributed by atoms with Crippen molar-refractivity contribution in [2.24, 2.45) is 0 Å². The molecule has 56 heavy (non-hydrogen) atoms. The van der Waals surface area contributed by atoms with Crippen LogP contribution in [0.2, 0.25) is 0 Å². The van der Waals surface area contributed by atoms with Crippen LogP contribution in [0.5, 0.6) is 23.0 Å². The minimum atomic E-state index is -0.237. The highest BCUT2D eigenvalue weighted by molar-refractivity contribution is 6.98. The van der Waals surface area contributed by atoms with E-state index >= 15 is 0 Å². The second kappa shape index (κ2) is 10.6. The fraction of sp³-hybridized carbons (Fsp3) is 0.0588. The van der Waals surface area contributed by atoms with Crippen LogP contribution in [0.15, 0.2) is 164 Å². The van der Waals surface area contributed by atoms with Crippen molar-refractivity contribution in [3.8, 4) is 45.5 Å². The van der Waals surface area contributed by atoms with Gasteiger partial charge in [0.1, 0.15) is 23.0 Å². The molecule has 0 N–H and O–H groups in total. The fourth-order valence-electron chi connectivity index (χ4n) is 10.4. The molecule has 0 unspecified atom stereocenters. The molecule has 0 amide bonds. The van der Waals surface area contributed by atoms with E-state index in [1.165, 1.54) is 43.9 Å². The van der Waals surface area contributed by atoms with Gasteiger partial charge in [-0.3, -0.25) is 0 Å². The van der Waals surface area contributed by atoms with Crippen LogP contribution in [0.25, 0.3) is 66.1 Å². The molecule has 2 aliphatic heterocycles. The third-order valence-electron chi connectivity index (χ3n) is 12.8. The van der Waals surface area contributed by atoms with Crippen molar-refractivity contribution in [1.82, 2.24) is 9.13 Å². The maximum absolute atomic E-state index is 7.35. The van der Waals surface area contributed by atoms with Crippen LogP contribution in [-0.2, 0) is 5.41 Å². The molecule has 1 aliphatic carbocycles. The average molecular weight is 717 g/mol. The van der Waals surface area contributed by atoms with Crippen molar-refractivity contribution >= 4 is 66.7 Å². The molecule has 0 fully saturated rings. The van der Waals surface area contributed by atoms with Gasteiger partial charge in [-0.25, -0.2) is 0 Å². The molecule has 0 saturated carbocycles. The molecule has 5 heteroatoms. The number of para-hydroxylation sites is 4. The number of fused-ring (bicyclic) bond motifs is 15. The number of rotatable bonds is 2. The van der Waals surface area contributed by atoms with E-state index in [9.17, 15) is 0 Å². The molecule has 262 valence electrons. The van der Waals surface area contributed by atoms with E-state index in [0.29, 0.717) is 0 Å². The quantitative estimate of drug-likeness (QED) is 0.167. The van der Waals surface area contributed by atoms with E-state index in [1.807, 2.05) is 0 Å². The Kier molecular flexibility index (Phi) is 5.76. The lowest BCUT2D eigenvalue weighted by Crippen LogP contribution is -2.57. The van der Waals surface area contributed by atoms with Crippen molar-refractivity contribution in [3.63, 3.8) is 0 Å². The van der Waals surface area contributed by atoms with Gasteiger partial charge in [0.2, 0.25) is 0 Å². The molecule has 4 heterocycles. The van der Waals surface area contributed by atoms with Crippen LogP contribution in [0.1, 0.15) is 25.0 Å². The summed E-state index contributed by atoms with van der Waals surface area (Å²) in [6.07, 6.45) is 0. The number of hydrogen-bond acceptors (Lipinski definition) is 2. The van der Waals surface area contributed by atoms with Crippen molar-refractivity contribution in [1.29, 1.82) is 0 Å². The van der Waals surface area contributed by atoms with E-state index in [0.717, 1.165) is 72.7 Å². The highest BCUT2D eigenvalue weighted by atomic mass is 16.5. The van der Waals surface area contributed by atoms with Gasteiger partial charge in [-0.05, 0) is 76.1 Å². The Morgan fingerprint density at radius 2 is 1.09 bits per heavy atom. The van der Waals surface area contributed by atoms with E-state index in [4.69, 9.17) is 9.47 Å². The zero-order valence-corrected chi connectivity index (χ0v) is 30.9. The standard InChI is InChI=1S/C51H33BN2O2/c1-51(2)36-22-12-9-20-33(36)46-37(51)28-45-48-50(46)55-44-29-43-35(32-19-10-13-23-40(32)54(43)31-17-7-4-8-18-31)27-39(44)52(48)38-25-26-42-47(49(38)56-45)34-21-11-14-24-41(34)53(42)30-15-5-3-6-16-30/h3-29H,1-2H3. The molecule has 0 bridgehead atoms. The molecular formula is C51H33BN2O2. The molecule has 0 saturated heterocycles. The summed E-state index contributed by atoms with van der Waals surface area (Å²) in [4.78, 5) is 0. The molecule has 0 radical (unpaired) electrons.